The van der Waals surface area contributed by atoms with Crippen LogP contribution in [-0.4, -0.2) is 40.1 Å². The van der Waals surface area contributed by atoms with Gasteiger partial charge in [0.2, 0.25) is 17.7 Å². The Kier molecular flexibility index (Phi) is 7.66. The summed E-state index contributed by atoms with van der Waals surface area (Å²) in [7, 11) is 0. The first-order valence-corrected chi connectivity index (χ1v) is 18.3. The molecule has 240 valence electrons. The molecule has 0 spiro atoms. The van der Waals surface area contributed by atoms with Gasteiger partial charge in [0.05, 0.1) is 34.7 Å². The number of thiophene rings is 1. The minimum atomic E-state index is -0.439. The molecule has 1 saturated heterocycles. The quantitative estimate of drug-likeness (QED) is 0.182. The Balaban J connectivity index is 1.10. The third-order valence-electron chi connectivity index (χ3n) is 9.87. The lowest BCUT2D eigenvalue weighted by molar-refractivity contribution is -0.123. The average molecular weight is 706 g/mol. The molecular formula is C34H28ClN3O6S3. The first-order chi connectivity index (χ1) is 22.7. The highest BCUT2D eigenvalue weighted by Gasteiger charge is 2.70. The highest BCUT2D eigenvalue weighted by molar-refractivity contribution is 8.00. The number of nitrogens with zero attached hydrogens (tertiary/aromatic N) is 2. The summed E-state index contributed by atoms with van der Waals surface area (Å²) < 4.78 is 6.58. The molecule has 47 heavy (non-hydrogen) atoms. The number of thioether (sulfide) groups is 1. The van der Waals surface area contributed by atoms with Crippen molar-refractivity contribution in [3.8, 4) is 0 Å². The molecular weight excluding hydrogens is 678 g/mol. The summed E-state index contributed by atoms with van der Waals surface area (Å²) in [6, 6.07) is 17.3. The van der Waals surface area contributed by atoms with Crippen molar-refractivity contribution in [2.45, 2.75) is 36.1 Å². The summed E-state index contributed by atoms with van der Waals surface area (Å²) in [4.78, 5) is 69.8. The lowest BCUT2D eigenvalue weighted by Gasteiger charge is -2.42. The van der Waals surface area contributed by atoms with Gasteiger partial charge in [-0.1, -0.05) is 29.0 Å². The van der Waals surface area contributed by atoms with Crippen molar-refractivity contribution in [2.75, 3.05) is 16.8 Å². The summed E-state index contributed by atoms with van der Waals surface area (Å²) in [5.74, 6) is -1.97. The van der Waals surface area contributed by atoms with Gasteiger partial charge in [-0.05, 0) is 91.1 Å². The van der Waals surface area contributed by atoms with E-state index >= 15 is 0 Å². The lowest BCUT2D eigenvalue weighted by Crippen LogP contribution is -2.43. The molecule has 0 radical (unpaired) electrons. The van der Waals surface area contributed by atoms with Gasteiger partial charge in [0.15, 0.2) is 0 Å². The molecule has 2 aromatic heterocycles. The van der Waals surface area contributed by atoms with Gasteiger partial charge in [-0.15, -0.1) is 23.1 Å². The summed E-state index contributed by atoms with van der Waals surface area (Å²) in [5, 5.41) is 6.18. The minimum absolute atomic E-state index is 0.00281. The van der Waals surface area contributed by atoms with E-state index < -0.39 is 17.8 Å². The lowest BCUT2D eigenvalue weighted by atomic mass is 9.69. The van der Waals surface area contributed by atoms with Crippen LogP contribution in [-0.2, 0) is 25.7 Å². The number of nitrogens with one attached hydrogen (secondary N) is 1. The zero-order chi connectivity index (χ0) is 32.6. The number of esters is 1. The van der Waals surface area contributed by atoms with Gasteiger partial charge in [-0.3, -0.25) is 28.6 Å². The number of carbonyl (C=O) groups excluding carboxylic acids is 4. The number of hydrogen-bond donors (Lipinski definition) is 1. The number of anilines is 2. The molecule has 4 aliphatic rings. The predicted octanol–water partition coefficient (Wildman–Crippen LogP) is 6.12. The van der Waals surface area contributed by atoms with Crippen LogP contribution in [0.5, 0.6) is 0 Å². The van der Waals surface area contributed by atoms with Crippen molar-refractivity contribution in [1.82, 2.24) is 4.57 Å². The Labute approximate surface area is 286 Å². The van der Waals surface area contributed by atoms with E-state index in [1.54, 1.807) is 83.1 Å². The number of amides is 3. The number of halogens is 1. The Bertz CT molecular complexity index is 1970. The van der Waals surface area contributed by atoms with Crippen LogP contribution in [0.4, 0.5) is 11.4 Å². The van der Waals surface area contributed by atoms with Gasteiger partial charge >= 0.3 is 10.8 Å². The molecule has 4 aromatic rings. The summed E-state index contributed by atoms with van der Waals surface area (Å²) in [6.07, 6.45) is 0.785. The van der Waals surface area contributed by atoms with Crippen molar-refractivity contribution in [3.63, 3.8) is 0 Å². The van der Waals surface area contributed by atoms with Crippen LogP contribution in [0.3, 0.4) is 0 Å². The molecule has 7 unspecified atom stereocenters. The van der Waals surface area contributed by atoms with Crippen molar-refractivity contribution < 1.29 is 23.9 Å². The van der Waals surface area contributed by atoms with E-state index in [1.165, 1.54) is 16.2 Å². The molecule has 2 bridgehead atoms. The average Bonchev–Trinajstić information content (AvgIpc) is 3.88. The number of imide groups is 1. The normalized spacial score (nSPS) is 27.0. The van der Waals surface area contributed by atoms with Gasteiger partial charge in [0.25, 0.3) is 0 Å². The minimum Gasteiger partial charge on any atom is -0.462 e. The van der Waals surface area contributed by atoms with Gasteiger partial charge in [-0.2, -0.15) is 0 Å². The van der Waals surface area contributed by atoms with Crippen LogP contribution in [0, 0.1) is 29.6 Å². The molecule has 9 nitrogen and oxygen atoms in total. The van der Waals surface area contributed by atoms with E-state index in [0.717, 1.165) is 21.2 Å². The largest absolute Gasteiger partial charge is 0.462 e. The maximum absolute atomic E-state index is 13.9. The van der Waals surface area contributed by atoms with Crippen LogP contribution in [0.1, 0.15) is 39.4 Å². The molecule has 2 aromatic carbocycles. The molecule has 3 fully saturated rings. The highest BCUT2D eigenvalue weighted by atomic mass is 35.5. The number of aromatic nitrogens is 1. The maximum atomic E-state index is 13.9. The second kappa shape index (κ2) is 11.8. The molecule has 13 heteroatoms. The Hall–Kier alpha value is -3.71. The van der Waals surface area contributed by atoms with Crippen molar-refractivity contribution in [1.29, 1.82) is 0 Å². The van der Waals surface area contributed by atoms with E-state index in [1.807, 2.05) is 11.4 Å². The van der Waals surface area contributed by atoms with Gasteiger partial charge in [0.1, 0.15) is 6.54 Å². The molecule has 1 N–H and O–H groups in total. The van der Waals surface area contributed by atoms with Crippen molar-refractivity contribution in [2.24, 2.45) is 29.6 Å². The fourth-order valence-corrected chi connectivity index (χ4v) is 12.4. The Morgan fingerprint density at radius 2 is 1.70 bits per heavy atom. The number of ether oxygens (including phenoxy) is 1. The van der Waals surface area contributed by atoms with Crippen LogP contribution in [0.25, 0.3) is 0 Å². The van der Waals surface area contributed by atoms with E-state index in [2.05, 4.69) is 11.4 Å². The molecule has 2 aliphatic carbocycles. The second-order valence-electron chi connectivity index (χ2n) is 12.2. The molecule has 8 rings (SSSR count). The fraction of sp³-hybridized carbons (Fsp3) is 0.324. The van der Waals surface area contributed by atoms with Crippen molar-refractivity contribution >= 4 is 81.1 Å². The summed E-state index contributed by atoms with van der Waals surface area (Å²) in [5.41, 5.74) is 1.42. The first-order valence-electron chi connectivity index (χ1n) is 15.4. The topological polar surface area (TPSA) is 115 Å². The highest BCUT2D eigenvalue weighted by Crippen LogP contribution is 2.69. The number of thiazole rings is 1. The number of benzene rings is 2. The second-order valence-corrected chi connectivity index (χ2v) is 15.8. The number of fused-ring (bicyclic) bond motifs is 9. The molecule has 3 amide bonds. The van der Waals surface area contributed by atoms with Gasteiger partial charge in [0, 0.05) is 31.6 Å². The first kappa shape index (κ1) is 30.6. The van der Waals surface area contributed by atoms with Crippen LogP contribution in [0.15, 0.2) is 75.9 Å². The van der Waals surface area contributed by atoms with Crippen LogP contribution in [0.2, 0.25) is 5.02 Å². The number of rotatable bonds is 7. The molecule has 2 saturated carbocycles. The SMILES string of the molecule is CCOC(=O)c1ccc(NC(=O)Cn2c3c(sc2=O)C(c2cccs2)C2C4CC(C2S3)C2C(=O)N(c3ccc(Cl)cc3)C(=O)C42)cc1. The van der Waals surface area contributed by atoms with Crippen LogP contribution >= 0.6 is 46.0 Å². The predicted molar refractivity (Wildman–Crippen MR) is 181 cm³/mol. The van der Waals surface area contributed by atoms with Gasteiger partial charge in [-0.25, -0.2) is 4.79 Å². The smallest absolute Gasteiger partial charge is 0.338 e. The maximum Gasteiger partial charge on any atom is 0.338 e. The number of carbonyl (C=O) groups is 4. The summed E-state index contributed by atoms with van der Waals surface area (Å²) >= 11 is 10.5. The monoisotopic (exact) mass is 705 g/mol. The van der Waals surface area contributed by atoms with E-state index in [9.17, 15) is 24.0 Å². The van der Waals surface area contributed by atoms with Crippen molar-refractivity contribution in [3.05, 3.63) is 96.1 Å². The third-order valence-corrected chi connectivity index (χ3v) is 13.9. The zero-order valence-corrected chi connectivity index (χ0v) is 28.2. The third kappa shape index (κ3) is 4.91. The standard InChI is InChI=1S/C34H28ClN3O6S3/c1-2-44-33(42)16-5-9-18(10-6-16)36-23(39)15-37-32-29(47-34(37)43)27(22-4-3-13-45-22)24-20-14-21(28(24)46-32)26-25(20)30(40)38(31(26)41)19-11-7-17(35)8-12-19/h3-13,20-21,24-28H,2,14-15H2,1H3,(H,36,39). The molecule has 2 aliphatic heterocycles. The van der Waals surface area contributed by atoms with Crippen LogP contribution < -0.4 is 15.1 Å². The zero-order valence-electron chi connectivity index (χ0n) is 25.0. The molecule has 4 heterocycles. The van der Waals surface area contributed by atoms with Gasteiger partial charge < -0.3 is 10.1 Å². The summed E-state index contributed by atoms with van der Waals surface area (Å²) in [6.45, 7) is 1.83. The molecule has 7 atom stereocenters. The fourth-order valence-electron chi connectivity index (χ4n) is 8.13. The van der Waals surface area contributed by atoms with E-state index in [4.69, 9.17) is 16.3 Å². The van der Waals surface area contributed by atoms with E-state index in [-0.39, 0.29) is 64.7 Å². The Morgan fingerprint density at radius 3 is 2.38 bits per heavy atom. The van der Waals surface area contributed by atoms with E-state index in [0.29, 0.717) is 22.0 Å². The number of hydrogen-bond acceptors (Lipinski definition) is 9. The Morgan fingerprint density at radius 1 is 0.979 bits per heavy atom.